The highest BCUT2D eigenvalue weighted by molar-refractivity contribution is 7.15. The number of piperidine rings is 1. The SMILES string of the molecule is C[C@@H](NC1CCN(c2ccc3c(c2)OCO3)CC1)c1cn2ccsc2n1. The number of ether oxygens (including phenoxy) is 2. The Kier molecular flexibility index (Phi) is 3.98. The van der Waals surface area contributed by atoms with Gasteiger partial charge in [0.1, 0.15) is 0 Å². The second-order valence-corrected chi connectivity index (χ2v) is 7.82. The Balaban J connectivity index is 1.19. The van der Waals surface area contributed by atoms with Crippen LogP contribution >= 0.6 is 11.3 Å². The minimum atomic E-state index is 0.268. The van der Waals surface area contributed by atoms with E-state index in [2.05, 4.69) is 51.4 Å². The predicted octanol–water partition coefficient (Wildman–Crippen LogP) is 3.44. The van der Waals surface area contributed by atoms with E-state index in [1.165, 1.54) is 5.69 Å². The molecule has 0 radical (unpaired) electrons. The number of benzene rings is 1. The Morgan fingerprint density at radius 2 is 2.08 bits per heavy atom. The lowest BCUT2D eigenvalue weighted by Crippen LogP contribution is -2.43. The van der Waals surface area contributed by atoms with Crippen molar-refractivity contribution < 1.29 is 9.47 Å². The lowest BCUT2D eigenvalue weighted by Gasteiger charge is -2.35. The van der Waals surface area contributed by atoms with Crippen LogP contribution in [0.15, 0.2) is 36.0 Å². The molecule has 2 aromatic heterocycles. The van der Waals surface area contributed by atoms with E-state index < -0.39 is 0 Å². The van der Waals surface area contributed by atoms with Gasteiger partial charge in [0, 0.05) is 54.7 Å². The van der Waals surface area contributed by atoms with E-state index in [1.54, 1.807) is 11.3 Å². The Hall–Kier alpha value is -2.25. The third kappa shape index (κ3) is 2.91. The third-order valence-electron chi connectivity index (χ3n) is 5.26. The first-order valence-corrected chi connectivity index (χ1v) is 9.97. The zero-order valence-electron chi connectivity index (χ0n) is 14.7. The average Bonchev–Trinajstić information content (AvgIpc) is 3.37. The molecule has 0 aliphatic carbocycles. The van der Waals surface area contributed by atoms with Crippen molar-refractivity contribution in [1.82, 2.24) is 14.7 Å². The van der Waals surface area contributed by atoms with Crippen molar-refractivity contribution in [2.75, 3.05) is 24.8 Å². The molecule has 6 nitrogen and oxygen atoms in total. The number of hydrogen-bond acceptors (Lipinski definition) is 6. The predicted molar refractivity (Wildman–Crippen MR) is 102 cm³/mol. The number of thiazole rings is 1. The Morgan fingerprint density at radius 1 is 1.23 bits per heavy atom. The maximum absolute atomic E-state index is 5.50. The Bertz CT molecular complexity index is 885. The largest absolute Gasteiger partial charge is 0.454 e. The van der Waals surface area contributed by atoms with E-state index in [0.29, 0.717) is 12.8 Å². The fraction of sp³-hybridized carbons (Fsp3) is 0.421. The van der Waals surface area contributed by atoms with Crippen molar-refractivity contribution in [3.63, 3.8) is 0 Å². The van der Waals surface area contributed by atoms with Crippen LogP contribution in [-0.4, -0.2) is 35.3 Å². The number of fused-ring (bicyclic) bond motifs is 2. The second-order valence-electron chi connectivity index (χ2n) is 6.95. The molecule has 136 valence electrons. The summed E-state index contributed by atoms with van der Waals surface area (Å²) in [5, 5.41) is 5.82. The number of nitrogens with one attached hydrogen (secondary N) is 1. The van der Waals surface area contributed by atoms with E-state index in [4.69, 9.17) is 14.5 Å². The average molecular weight is 370 g/mol. The van der Waals surface area contributed by atoms with Gasteiger partial charge in [0.15, 0.2) is 16.5 Å². The van der Waals surface area contributed by atoms with Gasteiger partial charge in [-0.05, 0) is 31.9 Å². The molecular weight excluding hydrogens is 348 g/mol. The quantitative estimate of drug-likeness (QED) is 0.762. The third-order valence-corrected chi connectivity index (χ3v) is 6.03. The summed E-state index contributed by atoms with van der Waals surface area (Å²) in [5.41, 5.74) is 2.34. The van der Waals surface area contributed by atoms with Crippen LogP contribution in [0.2, 0.25) is 0 Å². The zero-order valence-corrected chi connectivity index (χ0v) is 15.5. The Labute approximate surface area is 156 Å². The second kappa shape index (κ2) is 6.48. The number of imidazole rings is 1. The van der Waals surface area contributed by atoms with Gasteiger partial charge in [-0.25, -0.2) is 4.98 Å². The van der Waals surface area contributed by atoms with Gasteiger partial charge < -0.3 is 19.7 Å². The van der Waals surface area contributed by atoms with Crippen molar-refractivity contribution in [3.8, 4) is 11.5 Å². The van der Waals surface area contributed by atoms with Crippen LogP contribution in [-0.2, 0) is 0 Å². The van der Waals surface area contributed by atoms with Crippen molar-refractivity contribution in [3.05, 3.63) is 41.7 Å². The number of anilines is 1. The topological polar surface area (TPSA) is 51.0 Å². The molecular formula is C19H22N4O2S. The molecule has 5 rings (SSSR count). The summed E-state index contributed by atoms with van der Waals surface area (Å²) in [6.07, 6.45) is 6.44. The molecule has 3 aromatic rings. The summed E-state index contributed by atoms with van der Waals surface area (Å²) >= 11 is 1.68. The summed E-state index contributed by atoms with van der Waals surface area (Å²) in [7, 11) is 0. The zero-order chi connectivity index (χ0) is 17.5. The smallest absolute Gasteiger partial charge is 0.231 e. The molecule has 1 atom stereocenters. The number of aromatic nitrogens is 2. The summed E-state index contributed by atoms with van der Waals surface area (Å²) in [6, 6.07) is 7.02. The maximum Gasteiger partial charge on any atom is 0.231 e. The first-order valence-electron chi connectivity index (χ1n) is 9.09. The molecule has 0 unspecified atom stereocenters. The lowest BCUT2D eigenvalue weighted by atomic mass is 10.0. The number of nitrogens with zero attached hydrogens (tertiary/aromatic N) is 3. The molecule has 0 spiro atoms. The summed E-state index contributed by atoms with van der Waals surface area (Å²) in [5.74, 6) is 1.70. The molecule has 2 aliphatic heterocycles. The van der Waals surface area contributed by atoms with E-state index in [-0.39, 0.29) is 6.04 Å². The lowest BCUT2D eigenvalue weighted by molar-refractivity contribution is 0.174. The molecule has 0 amide bonds. The van der Waals surface area contributed by atoms with Crippen LogP contribution in [0, 0.1) is 0 Å². The van der Waals surface area contributed by atoms with Crippen LogP contribution < -0.4 is 19.7 Å². The van der Waals surface area contributed by atoms with E-state index in [9.17, 15) is 0 Å². The van der Waals surface area contributed by atoms with Crippen molar-refractivity contribution in [2.45, 2.75) is 31.8 Å². The van der Waals surface area contributed by atoms with Gasteiger partial charge in [-0.2, -0.15) is 0 Å². The van der Waals surface area contributed by atoms with Crippen LogP contribution in [0.4, 0.5) is 5.69 Å². The van der Waals surface area contributed by atoms with Gasteiger partial charge in [-0.3, -0.25) is 4.40 Å². The van der Waals surface area contributed by atoms with Crippen LogP contribution in [0.5, 0.6) is 11.5 Å². The van der Waals surface area contributed by atoms with Gasteiger partial charge >= 0.3 is 0 Å². The summed E-state index contributed by atoms with van der Waals surface area (Å²) in [4.78, 5) is 8.21. The van der Waals surface area contributed by atoms with Crippen LogP contribution in [0.1, 0.15) is 31.5 Å². The maximum atomic E-state index is 5.50. The molecule has 1 N–H and O–H groups in total. The van der Waals surface area contributed by atoms with Gasteiger partial charge in [0.2, 0.25) is 6.79 Å². The number of rotatable bonds is 4. The molecule has 1 fully saturated rings. The highest BCUT2D eigenvalue weighted by atomic mass is 32.1. The molecule has 0 saturated carbocycles. The van der Waals surface area contributed by atoms with Gasteiger partial charge in [-0.1, -0.05) is 0 Å². The number of hydrogen-bond donors (Lipinski definition) is 1. The van der Waals surface area contributed by atoms with Crippen LogP contribution in [0.25, 0.3) is 4.96 Å². The molecule has 1 saturated heterocycles. The molecule has 0 bridgehead atoms. The monoisotopic (exact) mass is 370 g/mol. The summed E-state index contributed by atoms with van der Waals surface area (Å²) < 4.78 is 13.0. The highest BCUT2D eigenvalue weighted by Crippen LogP contribution is 2.36. The van der Waals surface area contributed by atoms with E-state index in [0.717, 1.165) is 48.1 Å². The molecule has 4 heterocycles. The standard InChI is InChI=1S/C19H22N4O2S/c1-13(16-11-23-8-9-26-19(23)21-16)20-14-4-6-22(7-5-14)15-2-3-17-18(10-15)25-12-24-17/h2-3,8-11,13-14,20H,4-7,12H2,1H3/t13-/m1/s1. The first-order chi connectivity index (χ1) is 12.8. The van der Waals surface area contributed by atoms with E-state index >= 15 is 0 Å². The fourth-order valence-electron chi connectivity index (χ4n) is 3.78. The molecule has 2 aliphatic rings. The Morgan fingerprint density at radius 3 is 2.92 bits per heavy atom. The first kappa shape index (κ1) is 16.0. The molecule has 26 heavy (non-hydrogen) atoms. The van der Waals surface area contributed by atoms with Crippen molar-refractivity contribution in [2.24, 2.45) is 0 Å². The minimum Gasteiger partial charge on any atom is -0.454 e. The van der Waals surface area contributed by atoms with Gasteiger partial charge in [0.05, 0.1) is 5.69 Å². The van der Waals surface area contributed by atoms with Crippen molar-refractivity contribution >= 4 is 22.0 Å². The van der Waals surface area contributed by atoms with Gasteiger partial charge in [0.25, 0.3) is 0 Å². The highest BCUT2D eigenvalue weighted by Gasteiger charge is 2.23. The summed E-state index contributed by atoms with van der Waals surface area (Å²) in [6.45, 7) is 4.62. The van der Waals surface area contributed by atoms with Gasteiger partial charge in [-0.15, -0.1) is 11.3 Å². The van der Waals surface area contributed by atoms with Crippen molar-refractivity contribution in [1.29, 1.82) is 0 Å². The molecule has 1 aromatic carbocycles. The minimum absolute atomic E-state index is 0.268. The van der Waals surface area contributed by atoms with Crippen LogP contribution in [0.3, 0.4) is 0 Å². The molecule has 7 heteroatoms. The normalized spacial score (nSPS) is 18.6. The van der Waals surface area contributed by atoms with E-state index in [1.807, 2.05) is 6.07 Å². The fourth-order valence-corrected chi connectivity index (χ4v) is 4.49.